The minimum atomic E-state index is 0.595. The molecule has 2 nitrogen and oxygen atoms in total. The topological polar surface area (TPSA) is 21.3 Å². The lowest BCUT2D eigenvalue weighted by molar-refractivity contribution is 0.0975. The molecule has 0 amide bonds. The smallest absolute Gasteiger partial charge is 0.0488 e. The zero-order valence-electron chi connectivity index (χ0n) is 13.3. The molecule has 1 N–H and O–H groups in total. The van der Waals surface area contributed by atoms with E-state index in [-0.39, 0.29) is 0 Å². The van der Waals surface area contributed by atoms with Gasteiger partial charge in [0.15, 0.2) is 0 Å². The largest absolute Gasteiger partial charge is 0.381 e. The first kappa shape index (κ1) is 16.8. The number of hydrogen-bond donors (Lipinski definition) is 1. The van der Waals surface area contributed by atoms with Crippen molar-refractivity contribution in [1.29, 1.82) is 0 Å². The summed E-state index contributed by atoms with van der Waals surface area (Å²) in [6.07, 6.45) is 4.80. The summed E-state index contributed by atoms with van der Waals surface area (Å²) in [5.74, 6) is 1.20. The third-order valence-corrected chi connectivity index (χ3v) is 4.23. The molecule has 1 aromatic rings. The molecular weight excluding hydrogens is 282 g/mol. The van der Waals surface area contributed by atoms with Crippen molar-refractivity contribution in [2.75, 3.05) is 19.8 Å². The van der Waals surface area contributed by atoms with Gasteiger partial charge in [-0.3, -0.25) is 0 Å². The van der Waals surface area contributed by atoms with Gasteiger partial charge in [0.05, 0.1) is 0 Å². The Morgan fingerprint density at radius 1 is 1.29 bits per heavy atom. The van der Waals surface area contributed by atoms with E-state index in [2.05, 4.69) is 31.3 Å². The molecule has 3 heteroatoms. The Hall–Kier alpha value is -0.570. The molecule has 0 aromatic heterocycles. The fraction of sp³-hybridized carbons (Fsp3) is 0.667. The van der Waals surface area contributed by atoms with E-state index in [9.17, 15) is 0 Å². The number of halogens is 1. The van der Waals surface area contributed by atoms with Crippen molar-refractivity contribution in [2.24, 2.45) is 11.8 Å². The molecule has 0 heterocycles. The summed E-state index contributed by atoms with van der Waals surface area (Å²) in [5.41, 5.74) is 1.26. The predicted molar refractivity (Wildman–Crippen MR) is 89.9 cm³/mol. The van der Waals surface area contributed by atoms with Crippen molar-refractivity contribution >= 4 is 11.6 Å². The van der Waals surface area contributed by atoms with Gasteiger partial charge in [0.25, 0.3) is 0 Å². The van der Waals surface area contributed by atoms with Crippen LogP contribution in [0, 0.1) is 11.8 Å². The van der Waals surface area contributed by atoms with Crippen molar-refractivity contribution in [3.05, 3.63) is 34.9 Å². The van der Waals surface area contributed by atoms with Crippen LogP contribution >= 0.6 is 11.6 Å². The molecular formula is C18H28ClNO. The maximum Gasteiger partial charge on any atom is 0.0488 e. The number of ether oxygens (including phenoxy) is 1. The lowest BCUT2D eigenvalue weighted by atomic mass is 9.96. The van der Waals surface area contributed by atoms with Crippen LogP contribution < -0.4 is 5.32 Å². The van der Waals surface area contributed by atoms with Gasteiger partial charge in [0.1, 0.15) is 0 Å². The second-order valence-corrected chi connectivity index (χ2v) is 7.01. The van der Waals surface area contributed by atoms with E-state index in [0.29, 0.717) is 11.8 Å². The van der Waals surface area contributed by atoms with E-state index in [1.807, 2.05) is 12.1 Å². The van der Waals surface area contributed by atoms with E-state index in [4.69, 9.17) is 16.3 Å². The normalized spacial score (nSPS) is 16.4. The first-order chi connectivity index (χ1) is 10.1. The summed E-state index contributed by atoms with van der Waals surface area (Å²) < 4.78 is 5.76. The molecule has 1 aromatic carbocycles. The molecule has 0 radical (unpaired) electrons. The highest BCUT2D eigenvalue weighted by molar-refractivity contribution is 6.31. The highest BCUT2D eigenvalue weighted by atomic mass is 35.5. The van der Waals surface area contributed by atoms with Crippen LogP contribution in [-0.2, 0) is 11.2 Å². The molecule has 1 saturated carbocycles. The highest BCUT2D eigenvalue weighted by Gasteiger charge is 2.22. The Morgan fingerprint density at radius 3 is 2.71 bits per heavy atom. The minimum absolute atomic E-state index is 0.595. The standard InChI is InChI=1S/C18H28ClNO/c1-14(2)13-21-10-9-15(12-20-17-7-8-17)11-16-5-3-4-6-18(16)19/h3-6,14-15,17,20H,7-13H2,1-2H3. The van der Waals surface area contributed by atoms with Crippen molar-refractivity contribution in [2.45, 2.75) is 45.6 Å². The molecule has 0 saturated heterocycles. The SMILES string of the molecule is CC(C)COCCC(CNC1CC1)Cc1ccccc1Cl. The zero-order valence-corrected chi connectivity index (χ0v) is 14.0. The van der Waals surface area contributed by atoms with Crippen LogP contribution in [0.15, 0.2) is 24.3 Å². The highest BCUT2D eigenvalue weighted by Crippen LogP contribution is 2.23. The van der Waals surface area contributed by atoms with E-state index < -0.39 is 0 Å². The molecule has 2 rings (SSSR count). The number of benzene rings is 1. The summed E-state index contributed by atoms with van der Waals surface area (Å²) in [4.78, 5) is 0. The van der Waals surface area contributed by atoms with Gasteiger partial charge in [-0.1, -0.05) is 43.6 Å². The molecule has 0 spiro atoms. The fourth-order valence-electron chi connectivity index (χ4n) is 2.44. The Balaban J connectivity index is 1.80. The summed E-state index contributed by atoms with van der Waals surface area (Å²) in [6.45, 7) is 7.15. The van der Waals surface area contributed by atoms with Crippen molar-refractivity contribution in [3.8, 4) is 0 Å². The molecule has 21 heavy (non-hydrogen) atoms. The third-order valence-electron chi connectivity index (χ3n) is 3.86. The van der Waals surface area contributed by atoms with Gasteiger partial charge >= 0.3 is 0 Å². The maximum absolute atomic E-state index is 6.29. The molecule has 1 unspecified atom stereocenters. The molecule has 1 aliphatic carbocycles. The van der Waals surface area contributed by atoms with Gasteiger partial charge in [0, 0.05) is 24.3 Å². The van der Waals surface area contributed by atoms with Crippen LogP contribution in [-0.4, -0.2) is 25.8 Å². The Labute approximate surface area is 134 Å². The first-order valence-electron chi connectivity index (χ1n) is 8.19. The van der Waals surface area contributed by atoms with Gasteiger partial charge < -0.3 is 10.1 Å². The van der Waals surface area contributed by atoms with Crippen molar-refractivity contribution in [1.82, 2.24) is 5.32 Å². The van der Waals surface area contributed by atoms with Crippen LogP contribution in [0.4, 0.5) is 0 Å². The first-order valence-corrected chi connectivity index (χ1v) is 8.57. The van der Waals surface area contributed by atoms with Crippen LogP contribution in [0.1, 0.15) is 38.7 Å². The van der Waals surface area contributed by atoms with E-state index in [1.54, 1.807) is 0 Å². The fourth-order valence-corrected chi connectivity index (χ4v) is 2.65. The van der Waals surface area contributed by atoms with Crippen molar-refractivity contribution in [3.63, 3.8) is 0 Å². The average molecular weight is 310 g/mol. The number of nitrogens with one attached hydrogen (secondary N) is 1. The Morgan fingerprint density at radius 2 is 2.05 bits per heavy atom. The molecule has 1 aliphatic rings. The Bertz CT molecular complexity index is 417. The number of rotatable bonds is 10. The van der Waals surface area contributed by atoms with Gasteiger partial charge in [-0.05, 0) is 55.7 Å². The van der Waals surface area contributed by atoms with Crippen LogP contribution in [0.3, 0.4) is 0 Å². The predicted octanol–water partition coefficient (Wildman–Crippen LogP) is 4.31. The molecule has 1 atom stereocenters. The van der Waals surface area contributed by atoms with Crippen LogP contribution in [0.2, 0.25) is 5.02 Å². The zero-order chi connectivity index (χ0) is 15.1. The van der Waals surface area contributed by atoms with E-state index in [0.717, 1.165) is 43.7 Å². The second kappa shape index (κ2) is 8.77. The maximum atomic E-state index is 6.29. The van der Waals surface area contributed by atoms with E-state index >= 15 is 0 Å². The quantitative estimate of drug-likeness (QED) is 0.650. The second-order valence-electron chi connectivity index (χ2n) is 6.60. The molecule has 118 valence electrons. The monoisotopic (exact) mass is 309 g/mol. The van der Waals surface area contributed by atoms with Crippen molar-refractivity contribution < 1.29 is 4.74 Å². The Kier molecular flexibility index (Phi) is 7.01. The summed E-state index contributed by atoms with van der Waals surface area (Å²) in [6, 6.07) is 8.95. The van der Waals surface area contributed by atoms with Crippen LogP contribution in [0.5, 0.6) is 0 Å². The van der Waals surface area contributed by atoms with E-state index in [1.165, 1.54) is 18.4 Å². The minimum Gasteiger partial charge on any atom is -0.381 e. The molecule has 0 aliphatic heterocycles. The van der Waals surface area contributed by atoms with Gasteiger partial charge in [0.2, 0.25) is 0 Å². The average Bonchev–Trinajstić information content (AvgIpc) is 3.26. The van der Waals surface area contributed by atoms with Gasteiger partial charge in [-0.2, -0.15) is 0 Å². The molecule has 1 fully saturated rings. The lowest BCUT2D eigenvalue weighted by Gasteiger charge is -2.19. The summed E-state index contributed by atoms with van der Waals surface area (Å²) >= 11 is 6.29. The molecule has 0 bridgehead atoms. The van der Waals surface area contributed by atoms with Crippen LogP contribution in [0.25, 0.3) is 0 Å². The summed E-state index contributed by atoms with van der Waals surface area (Å²) in [5, 5.41) is 4.53. The number of hydrogen-bond acceptors (Lipinski definition) is 2. The lowest BCUT2D eigenvalue weighted by Crippen LogP contribution is -2.27. The third kappa shape index (κ3) is 6.82. The van der Waals surface area contributed by atoms with Gasteiger partial charge in [-0.15, -0.1) is 0 Å². The van der Waals surface area contributed by atoms with Gasteiger partial charge in [-0.25, -0.2) is 0 Å². The summed E-state index contributed by atoms with van der Waals surface area (Å²) in [7, 11) is 0.